The molecule has 0 amide bonds. The molecule has 0 aliphatic rings. The van der Waals surface area contributed by atoms with Gasteiger partial charge in [-0.25, -0.2) is 0 Å². The molecule has 0 saturated carbocycles. The number of hydrogen-bond acceptors (Lipinski definition) is 1. The van der Waals surface area contributed by atoms with Crippen molar-refractivity contribution in [1.82, 2.24) is 4.57 Å². The van der Waals surface area contributed by atoms with Crippen molar-refractivity contribution in [3.8, 4) is 0 Å². The number of para-hydroxylation sites is 1. The quantitative estimate of drug-likeness (QED) is 0.785. The van der Waals surface area contributed by atoms with E-state index >= 15 is 0 Å². The number of aromatic nitrogens is 1. The van der Waals surface area contributed by atoms with Crippen LogP contribution in [0.5, 0.6) is 0 Å². The van der Waals surface area contributed by atoms with Crippen molar-refractivity contribution in [3.05, 3.63) is 36.0 Å². The van der Waals surface area contributed by atoms with E-state index in [0.717, 1.165) is 11.9 Å². The van der Waals surface area contributed by atoms with Crippen LogP contribution in [0.2, 0.25) is 0 Å². The van der Waals surface area contributed by atoms with Gasteiger partial charge in [0.1, 0.15) is 0 Å². The van der Waals surface area contributed by atoms with E-state index in [4.69, 9.17) is 0 Å². The van der Waals surface area contributed by atoms with Gasteiger partial charge in [0, 0.05) is 23.0 Å². The average molecular weight is 229 g/mol. The fourth-order valence-electron chi connectivity index (χ4n) is 2.11. The van der Waals surface area contributed by atoms with Gasteiger partial charge in [0.25, 0.3) is 0 Å². The topological polar surface area (TPSA) is 22.0 Å². The fraction of sp³-hybridized carbons (Fsp3) is 0.400. The Kier molecular flexibility index (Phi) is 3.32. The lowest BCUT2D eigenvalue weighted by atomic mass is 10.0. The summed E-state index contributed by atoms with van der Waals surface area (Å²) >= 11 is 0. The highest BCUT2D eigenvalue weighted by molar-refractivity contribution is 5.87. The molecule has 2 heteroatoms. The average Bonchev–Trinajstić information content (AvgIpc) is 2.66. The minimum atomic E-state index is 0.150. The van der Waals surface area contributed by atoms with Gasteiger partial charge in [-0.05, 0) is 25.0 Å². The number of carbonyl (C=O) groups is 1. The summed E-state index contributed by atoms with van der Waals surface area (Å²) < 4.78 is 2.07. The number of nitrogens with zero attached hydrogens (tertiary/aromatic N) is 1. The summed E-state index contributed by atoms with van der Waals surface area (Å²) in [7, 11) is 0. The Balaban J connectivity index is 2.34. The molecule has 0 saturated heterocycles. The predicted molar refractivity (Wildman–Crippen MR) is 71.1 cm³/mol. The molecule has 1 aromatic carbocycles. The fourth-order valence-corrected chi connectivity index (χ4v) is 2.11. The zero-order valence-corrected chi connectivity index (χ0v) is 10.7. The van der Waals surface area contributed by atoms with Gasteiger partial charge in [0.2, 0.25) is 0 Å². The normalized spacial score (nSPS) is 12.9. The van der Waals surface area contributed by atoms with Crippen molar-refractivity contribution in [2.24, 2.45) is 5.92 Å². The number of fused-ring (bicyclic) bond motifs is 1. The van der Waals surface area contributed by atoms with Crippen LogP contribution in [-0.2, 0) is 11.3 Å². The Hall–Kier alpha value is -1.57. The van der Waals surface area contributed by atoms with Gasteiger partial charge in [-0.2, -0.15) is 0 Å². The second kappa shape index (κ2) is 4.74. The highest BCUT2D eigenvalue weighted by atomic mass is 16.1. The molecule has 0 spiro atoms. The molecule has 2 nitrogen and oxygen atoms in total. The zero-order valence-electron chi connectivity index (χ0n) is 10.7. The predicted octanol–water partition coefficient (Wildman–Crippen LogP) is 3.56. The van der Waals surface area contributed by atoms with Gasteiger partial charge in [0.05, 0.1) is 6.54 Å². The molecule has 0 aliphatic carbocycles. The number of ketones is 1. The molecule has 0 radical (unpaired) electrons. The molecule has 0 bridgehead atoms. The maximum Gasteiger partial charge on any atom is 0.155 e. The minimum Gasteiger partial charge on any atom is -0.340 e. The second-order valence-electron chi connectivity index (χ2n) is 4.73. The van der Waals surface area contributed by atoms with Crippen LogP contribution in [0.1, 0.15) is 25.8 Å². The first-order chi connectivity index (χ1) is 8.13. The van der Waals surface area contributed by atoms with Crippen LogP contribution >= 0.6 is 0 Å². The number of Topliss-reactive ketones (excluding diaryl/α,β-unsaturated/α-hetero) is 1. The van der Waals surface area contributed by atoms with Crippen LogP contribution in [0.4, 0.5) is 0 Å². The molecule has 90 valence electrons. The summed E-state index contributed by atoms with van der Waals surface area (Å²) in [6.07, 6.45) is 2.99. The highest BCUT2D eigenvalue weighted by Crippen LogP contribution is 2.20. The molecule has 2 aromatic rings. The summed E-state index contributed by atoms with van der Waals surface area (Å²) in [6, 6.07) is 8.24. The van der Waals surface area contributed by atoms with E-state index in [1.165, 1.54) is 10.9 Å². The molecule has 0 N–H and O–H groups in total. The van der Waals surface area contributed by atoms with Crippen molar-refractivity contribution >= 4 is 16.7 Å². The van der Waals surface area contributed by atoms with Gasteiger partial charge in [-0.3, -0.25) is 4.79 Å². The monoisotopic (exact) mass is 229 g/mol. The van der Waals surface area contributed by atoms with Crippen molar-refractivity contribution in [3.63, 3.8) is 0 Å². The SMILES string of the molecule is CCC(C)C(=O)Cn1cc(C)c2ccccc21. The lowest BCUT2D eigenvalue weighted by Crippen LogP contribution is -2.16. The third-order valence-electron chi connectivity index (χ3n) is 3.48. The van der Waals surface area contributed by atoms with Gasteiger partial charge < -0.3 is 4.57 Å². The number of carbonyl (C=O) groups excluding carboxylic acids is 1. The third-order valence-corrected chi connectivity index (χ3v) is 3.48. The van der Waals surface area contributed by atoms with Crippen LogP contribution < -0.4 is 0 Å². The van der Waals surface area contributed by atoms with E-state index in [9.17, 15) is 4.79 Å². The molecule has 1 unspecified atom stereocenters. The van der Waals surface area contributed by atoms with E-state index in [2.05, 4.69) is 36.7 Å². The number of hydrogen-bond donors (Lipinski definition) is 0. The summed E-state index contributed by atoms with van der Waals surface area (Å²) in [5.41, 5.74) is 2.39. The maximum absolute atomic E-state index is 12.0. The molecule has 1 heterocycles. The molecular formula is C15H19NO. The second-order valence-corrected chi connectivity index (χ2v) is 4.73. The van der Waals surface area contributed by atoms with E-state index < -0.39 is 0 Å². The zero-order chi connectivity index (χ0) is 12.4. The van der Waals surface area contributed by atoms with Gasteiger partial charge >= 0.3 is 0 Å². The van der Waals surface area contributed by atoms with Crippen LogP contribution in [0, 0.1) is 12.8 Å². The number of aryl methyl sites for hydroxylation is 1. The van der Waals surface area contributed by atoms with Gasteiger partial charge in [0.15, 0.2) is 5.78 Å². The van der Waals surface area contributed by atoms with Crippen LogP contribution in [0.3, 0.4) is 0 Å². The molecule has 0 aliphatic heterocycles. The van der Waals surface area contributed by atoms with E-state index in [1.807, 2.05) is 19.1 Å². The number of rotatable bonds is 4. The number of benzene rings is 1. The Labute approximate surface area is 102 Å². The smallest absolute Gasteiger partial charge is 0.155 e. The first-order valence-corrected chi connectivity index (χ1v) is 6.20. The van der Waals surface area contributed by atoms with E-state index in [0.29, 0.717) is 12.3 Å². The van der Waals surface area contributed by atoms with Crippen LogP contribution in [-0.4, -0.2) is 10.4 Å². The Bertz CT molecular complexity index is 539. The first kappa shape index (κ1) is 11.9. The third kappa shape index (κ3) is 2.26. The van der Waals surface area contributed by atoms with Gasteiger partial charge in [-0.1, -0.05) is 32.0 Å². The molecule has 1 atom stereocenters. The largest absolute Gasteiger partial charge is 0.340 e. The summed E-state index contributed by atoms with van der Waals surface area (Å²) in [5, 5.41) is 1.24. The van der Waals surface area contributed by atoms with Gasteiger partial charge in [-0.15, -0.1) is 0 Å². The highest BCUT2D eigenvalue weighted by Gasteiger charge is 2.13. The van der Waals surface area contributed by atoms with Crippen molar-refractivity contribution < 1.29 is 4.79 Å². The maximum atomic E-state index is 12.0. The molecule has 2 rings (SSSR count). The van der Waals surface area contributed by atoms with Crippen molar-refractivity contribution in [2.75, 3.05) is 0 Å². The van der Waals surface area contributed by atoms with E-state index in [-0.39, 0.29) is 5.92 Å². The molecule has 17 heavy (non-hydrogen) atoms. The summed E-state index contributed by atoms with van der Waals surface area (Å²) in [4.78, 5) is 12.0. The van der Waals surface area contributed by atoms with Crippen molar-refractivity contribution in [2.45, 2.75) is 33.7 Å². The first-order valence-electron chi connectivity index (χ1n) is 6.20. The van der Waals surface area contributed by atoms with E-state index in [1.54, 1.807) is 0 Å². The molecular weight excluding hydrogens is 210 g/mol. The Morgan fingerprint density at radius 2 is 2.06 bits per heavy atom. The standard InChI is InChI=1S/C15H19NO/c1-4-11(2)15(17)10-16-9-12(3)13-7-5-6-8-14(13)16/h5-9,11H,4,10H2,1-3H3. The molecule has 0 fully saturated rings. The van der Waals surface area contributed by atoms with Crippen molar-refractivity contribution in [1.29, 1.82) is 0 Å². The summed E-state index contributed by atoms with van der Waals surface area (Å²) in [6.45, 7) is 6.64. The van der Waals surface area contributed by atoms with Crippen LogP contribution in [0.25, 0.3) is 10.9 Å². The lowest BCUT2D eigenvalue weighted by molar-refractivity contribution is -0.122. The molecule has 1 aromatic heterocycles. The lowest BCUT2D eigenvalue weighted by Gasteiger charge is -2.09. The summed E-state index contributed by atoms with van der Waals surface area (Å²) in [5.74, 6) is 0.463. The Morgan fingerprint density at radius 1 is 1.35 bits per heavy atom. The Morgan fingerprint density at radius 3 is 2.76 bits per heavy atom. The minimum absolute atomic E-state index is 0.150. The van der Waals surface area contributed by atoms with Crippen LogP contribution in [0.15, 0.2) is 30.5 Å².